The van der Waals surface area contributed by atoms with Crippen LogP contribution in [0.4, 0.5) is 11.5 Å². The van der Waals surface area contributed by atoms with Crippen LogP contribution in [-0.2, 0) is 10.0 Å². The molecule has 5 aromatic rings. The molecule has 10 heteroatoms. The summed E-state index contributed by atoms with van der Waals surface area (Å²) >= 11 is 0. The normalized spacial score (nSPS) is 15.8. The van der Waals surface area contributed by atoms with E-state index >= 15 is 0 Å². The molecule has 9 nitrogen and oxygen atoms in total. The molecule has 0 radical (unpaired) electrons. The van der Waals surface area contributed by atoms with Crippen LogP contribution in [-0.4, -0.2) is 63.6 Å². The summed E-state index contributed by atoms with van der Waals surface area (Å²) in [5, 5.41) is 8.64. The molecule has 0 bridgehead atoms. The van der Waals surface area contributed by atoms with E-state index in [9.17, 15) is 8.42 Å². The highest BCUT2D eigenvalue weighted by molar-refractivity contribution is 7.89. The van der Waals surface area contributed by atoms with Crippen molar-refractivity contribution in [3.63, 3.8) is 0 Å². The number of aryl methyl sites for hydroxylation is 1. The zero-order valence-corrected chi connectivity index (χ0v) is 23.3. The fourth-order valence-electron chi connectivity index (χ4n) is 5.07. The van der Waals surface area contributed by atoms with Gasteiger partial charge in [-0.15, -0.1) is 0 Å². The van der Waals surface area contributed by atoms with Gasteiger partial charge in [-0.2, -0.15) is 9.40 Å². The quantitative estimate of drug-likeness (QED) is 0.305. The summed E-state index contributed by atoms with van der Waals surface area (Å²) in [6.07, 6.45) is 3.51. The molecule has 0 amide bonds. The summed E-state index contributed by atoms with van der Waals surface area (Å²) in [6, 6.07) is 24.8. The number of nitrogens with zero attached hydrogens (tertiary/aromatic N) is 6. The van der Waals surface area contributed by atoms with E-state index in [4.69, 9.17) is 9.97 Å². The van der Waals surface area contributed by atoms with Crippen molar-refractivity contribution in [2.45, 2.75) is 24.8 Å². The number of benzene rings is 3. The lowest BCUT2D eigenvalue weighted by molar-refractivity contribution is 0.141. The molecule has 3 aromatic carbocycles. The van der Waals surface area contributed by atoms with E-state index in [1.807, 2.05) is 48.7 Å². The molecule has 40 heavy (non-hydrogen) atoms. The molecular formula is C30H31N7O2S. The van der Waals surface area contributed by atoms with Crippen molar-refractivity contribution in [1.82, 2.24) is 29.0 Å². The van der Waals surface area contributed by atoms with Crippen LogP contribution in [0, 0.1) is 6.92 Å². The highest BCUT2D eigenvalue weighted by Gasteiger charge is 2.31. The van der Waals surface area contributed by atoms with Crippen molar-refractivity contribution in [3.8, 4) is 5.69 Å². The third kappa shape index (κ3) is 5.21. The number of para-hydroxylation sites is 1. The number of sulfonamides is 1. The van der Waals surface area contributed by atoms with Crippen molar-refractivity contribution in [2.24, 2.45) is 0 Å². The Morgan fingerprint density at radius 2 is 1.65 bits per heavy atom. The van der Waals surface area contributed by atoms with E-state index in [0.717, 1.165) is 28.1 Å². The molecule has 1 saturated heterocycles. The summed E-state index contributed by atoms with van der Waals surface area (Å²) in [5.74, 6) is 1.47. The van der Waals surface area contributed by atoms with Gasteiger partial charge >= 0.3 is 0 Å². The second kappa shape index (κ2) is 10.8. The number of hydrogen-bond acceptors (Lipinski definition) is 7. The number of hydrogen-bond donors (Lipinski definition) is 1. The largest absolute Gasteiger partial charge is 0.340 e. The third-order valence-corrected chi connectivity index (χ3v) is 9.25. The van der Waals surface area contributed by atoms with E-state index in [0.29, 0.717) is 32.0 Å². The van der Waals surface area contributed by atoms with Crippen LogP contribution in [0.2, 0.25) is 0 Å². The molecule has 204 valence electrons. The van der Waals surface area contributed by atoms with Crippen molar-refractivity contribution < 1.29 is 8.42 Å². The fourth-order valence-corrected chi connectivity index (χ4v) is 6.49. The van der Waals surface area contributed by atoms with Crippen LogP contribution < -0.4 is 5.32 Å². The molecule has 1 aliphatic rings. The predicted octanol–water partition coefficient (Wildman–Crippen LogP) is 4.94. The number of anilines is 2. The summed E-state index contributed by atoms with van der Waals surface area (Å²) in [4.78, 5) is 12.4. The molecular weight excluding hydrogens is 522 g/mol. The van der Waals surface area contributed by atoms with Gasteiger partial charge in [0.25, 0.3) is 0 Å². The monoisotopic (exact) mass is 553 g/mol. The van der Waals surface area contributed by atoms with E-state index < -0.39 is 10.0 Å². The Bertz CT molecular complexity index is 1730. The SMILES string of the molecule is Cc1cccc(Nc2nc([C@H](C)N3CCN(S(=O)(=O)c4ccc(-n5cccn5)cc4)CC3)nc3ccccc23)c1. The average molecular weight is 554 g/mol. The lowest BCUT2D eigenvalue weighted by Crippen LogP contribution is -2.49. The van der Waals surface area contributed by atoms with Gasteiger partial charge in [-0.1, -0.05) is 24.3 Å². The predicted molar refractivity (Wildman–Crippen MR) is 156 cm³/mol. The molecule has 0 aliphatic carbocycles. The molecule has 2 aromatic heterocycles. The summed E-state index contributed by atoms with van der Waals surface area (Å²) in [7, 11) is -3.60. The third-order valence-electron chi connectivity index (χ3n) is 7.34. The Labute approximate surface area is 234 Å². The van der Waals surface area contributed by atoms with Gasteiger partial charge in [-0.3, -0.25) is 4.90 Å². The zero-order chi connectivity index (χ0) is 27.7. The van der Waals surface area contributed by atoms with Gasteiger partial charge < -0.3 is 5.32 Å². The summed E-state index contributed by atoms with van der Waals surface area (Å²) in [5.41, 5.74) is 3.82. The second-order valence-electron chi connectivity index (χ2n) is 10.0. The molecule has 0 spiro atoms. The van der Waals surface area contributed by atoms with Crippen LogP contribution in [0.5, 0.6) is 0 Å². The molecule has 1 atom stereocenters. The minimum absolute atomic E-state index is 0.0825. The standard InChI is InChI=1S/C30H31N7O2S/c1-22-7-5-8-24(21-22)32-30-27-9-3-4-10-28(27)33-29(34-30)23(2)35-17-19-36(20-18-35)40(38,39)26-13-11-25(12-14-26)37-16-6-15-31-37/h3-16,21,23H,17-20H2,1-2H3,(H,32,33,34)/t23-/m0/s1. The average Bonchev–Trinajstić information content (AvgIpc) is 3.52. The van der Waals surface area contributed by atoms with Crippen molar-refractivity contribution in [2.75, 3.05) is 31.5 Å². The molecule has 1 aliphatic heterocycles. The highest BCUT2D eigenvalue weighted by atomic mass is 32.2. The number of piperazine rings is 1. The van der Waals surface area contributed by atoms with Crippen LogP contribution in [0.25, 0.3) is 16.6 Å². The Morgan fingerprint density at radius 1 is 0.875 bits per heavy atom. The lowest BCUT2D eigenvalue weighted by atomic mass is 10.1. The number of nitrogens with one attached hydrogen (secondary N) is 1. The van der Waals surface area contributed by atoms with Gasteiger partial charge in [0, 0.05) is 49.6 Å². The lowest BCUT2D eigenvalue weighted by Gasteiger charge is -2.36. The first-order valence-electron chi connectivity index (χ1n) is 13.3. The smallest absolute Gasteiger partial charge is 0.243 e. The van der Waals surface area contributed by atoms with Crippen LogP contribution in [0.1, 0.15) is 24.4 Å². The van der Waals surface area contributed by atoms with Gasteiger partial charge in [0.2, 0.25) is 10.0 Å². The van der Waals surface area contributed by atoms with Gasteiger partial charge in [-0.05, 0) is 74.0 Å². The minimum Gasteiger partial charge on any atom is -0.340 e. The maximum absolute atomic E-state index is 13.4. The number of aromatic nitrogens is 4. The molecule has 3 heterocycles. The Kier molecular flexibility index (Phi) is 7.05. The number of rotatable bonds is 7. The minimum atomic E-state index is -3.60. The van der Waals surface area contributed by atoms with E-state index in [1.54, 1.807) is 39.4 Å². The number of fused-ring (bicyclic) bond motifs is 1. The molecule has 6 rings (SSSR count). The maximum Gasteiger partial charge on any atom is 0.243 e. The van der Waals surface area contributed by atoms with Crippen molar-refractivity contribution in [1.29, 1.82) is 0 Å². The van der Waals surface area contributed by atoms with Gasteiger partial charge in [0.1, 0.15) is 11.6 Å². The topological polar surface area (TPSA) is 96.2 Å². The zero-order valence-electron chi connectivity index (χ0n) is 22.5. The Morgan fingerprint density at radius 3 is 2.38 bits per heavy atom. The fraction of sp³-hybridized carbons (Fsp3) is 0.233. The first kappa shape index (κ1) is 26.1. The first-order chi connectivity index (χ1) is 19.4. The van der Waals surface area contributed by atoms with Crippen molar-refractivity contribution >= 4 is 32.4 Å². The van der Waals surface area contributed by atoms with Gasteiger partial charge in [0.15, 0.2) is 0 Å². The molecule has 1 N–H and O–H groups in total. The molecule has 0 saturated carbocycles. The Balaban J connectivity index is 1.18. The Hall–Kier alpha value is -4.12. The van der Waals surface area contributed by atoms with Crippen LogP contribution in [0.3, 0.4) is 0 Å². The van der Waals surface area contributed by atoms with Gasteiger partial charge in [0.05, 0.1) is 22.1 Å². The van der Waals surface area contributed by atoms with E-state index in [1.165, 1.54) is 5.56 Å². The highest BCUT2D eigenvalue weighted by Crippen LogP contribution is 2.29. The van der Waals surface area contributed by atoms with Gasteiger partial charge in [-0.25, -0.2) is 23.1 Å². The van der Waals surface area contributed by atoms with E-state index in [2.05, 4.69) is 41.3 Å². The van der Waals surface area contributed by atoms with Crippen LogP contribution in [0.15, 0.2) is 96.2 Å². The molecule has 0 unspecified atom stereocenters. The first-order valence-corrected chi connectivity index (χ1v) is 14.8. The maximum atomic E-state index is 13.4. The van der Waals surface area contributed by atoms with E-state index in [-0.39, 0.29) is 10.9 Å². The molecule has 1 fully saturated rings. The second-order valence-corrected chi connectivity index (χ2v) is 11.9. The summed E-state index contributed by atoms with van der Waals surface area (Å²) < 4.78 is 30.0. The van der Waals surface area contributed by atoms with Crippen LogP contribution >= 0.6 is 0 Å². The van der Waals surface area contributed by atoms with Crippen molar-refractivity contribution in [3.05, 3.63) is 103 Å². The summed E-state index contributed by atoms with van der Waals surface area (Å²) in [6.45, 7) is 6.11.